The Labute approximate surface area is 177 Å². The highest BCUT2D eigenvalue weighted by Crippen LogP contribution is 2.33. The number of amides is 2. The number of anilines is 1. The van der Waals surface area contributed by atoms with Gasteiger partial charge in [0.05, 0.1) is 5.69 Å². The summed E-state index contributed by atoms with van der Waals surface area (Å²) < 4.78 is 24.3. The Kier molecular flexibility index (Phi) is 5.89. The summed E-state index contributed by atoms with van der Waals surface area (Å²) in [6.07, 6.45) is 3.82. The van der Waals surface area contributed by atoms with E-state index in [2.05, 4.69) is 14.9 Å². The van der Waals surface area contributed by atoms with Crippen molar-refractivity contribution in [1.82, 2.24) is 14.9 Å². The van der Waals surface area contributed by atoms with Gasteiger partial charge in [0.25, 0.3) is 11.8 Å². The highest BCUT2D eigenvalue weighted by molar-refractivity contribution is 7.03. The molecule has 2 aromatic heterocycles. The van der Waals surface area contributed by atoms with Crippen LogP contribution in [0.1, 0.15) is 53.7 Å². The van der Waals surface area contributed by atoms with Gasteiger partial charge in [-0.15, -0.1) is 5.10 Å². The molecule has 9 heteroatoms. The van der Waals surface area contributed by atoms with E-state index in [0.29, 0.717) is 5.76 Å². The van der Waals surface area contributed by atoms with Crippen molar-refractivity contribution >= 4 is 29.0 Å². The van der Waals surface area contributed by atoms with Gasteiger partial charge in [0.2, 0.25) is 0 Å². The fraction of sp³-hybridized carbons (Fsp3) is 0.333. The van der Waals surface area contributed by atoms with Gasteiger partial charge in [-0.3, -0.25) is 14.5 Å². The smallest absolute Gasteiger partial charge is 0.280 e. The second-order valence-corrected chi connectivity index (χ2v) is 7.87. The molecule has 30 heavy (non-hydrogen) atoms. The number of aromatic nitrogens is 2. The lowest BCUT2D eigenvalue weighted by molar-refractivity contribution is -0.123. The standard InChI is InChI=1S/C21H21FN4O3S/c1-13-10-11-18(29-13)19(20(27)23-14-6-2-3-7-14)26(17-9-5-4-8-15(17)22)21(28)16-12-30-25-24-16/h4-5,8-12,14,19H,2-3,6-7H2,1H3,(H,23,27). The van der Waals surface area contributed by atoms with Gasteiger partial charge in [-0.2, -0.15) is 0 Å². The summed E-state index contributed by atoms with van der Waals surface area (Å²) in [5.41, 5.74) is 0.00122. The number of hydrogen-bond donors (Lipinski definition) is 1. The van der Waals surface area contributed by atoms with Crippen LogP contribution < -0.4 is 10.2 Å². The van der Waals surface area contributed by atoms with E-state index in [1.165, 1.54) is 23.6 Å². The largest absolute Gasteiger partial charge is 0.464 e. The highest BCUT2D eigenvalue weighted by atomic mass is 32.1. The predicted molar refractivity (Wildman–Crippen MR) is 110 cm³/mol. The molecule has 0 aliphatic heterocycles. The molecule has 1 aromatic carbocycles. The zero-order chi connectivity index (χ0) is 21.1. The van der Waals surface area contributed by atoms with Gasteiger partial charge >= 0.3 is 0 Å². The van der Waals surface area contributed by atoms with Gasteiger partial charge in [-0.05, 0) is 55.6 Å². The van der Waals surface area contributed by atoms with Crippen LogP contribution in [0.5, 0.6) is 0 Å². The summed E-state index contributed by atoms with van der Waals surface area (Å²) in [5.74, 6) is -0.843. The topological polar surface area (TPSA) is 88.3 Å². The lowest BCUT2D eigenvalue weighted by Crippen LogP contribution is -2.46. The number of hydrogen-bond acceptors (Lipinski definition) is 6. The number of aryl methyl sites for hydroxylation is 1. The van der Waals surface area contributed by atoms with Crippen molar-refractivity contribution < 1.29 is 18.4 Å². The van der Waals surface area contributed by atoms with Crippen LogP contribution in [-0.4, -0.2) is 27.4 Å². The maximum absolute atomic E-state index is 14.8. The van der Waals surface area contributed by atoms with Crippen molar-refractivity contribution in [2.24, 2.45) is 0 Å². The molecule has 1 aliphatic rings. The molecule has 1 aliphatic carbocycles. The van der Waals surface area contributed by atoms with Gasteiger partial charge in [-0.25, -0.2) is 4.39 Å². The Hall–Kier alpha value is -3.07. The van der Waals surface area contributed by atoms with E-state index < -0.39 is 23.7 Å². The van der Waals surface area contributed by atoms with E-state index in [1.54, 1.807) is 25.1 Å². The fourth-order valence-electron chi connectivity index (χ4n) is 3.72. The highest BCUT2D eigenvalue weighted by Gasteiger charge is 2.38. The molecule has 1 N–H and O–H groups in total. The minimum absolute atomic E-state index is 0.0228. The van der Waals surface area contributed by atoms with Gasteiger partial charge in [0, 0.05) is 11.4 Å². The molecule has 0 bridgehead atoms. The first kappa shape index (κ1) is 20.2. The number of nitrogens with zero attached hydrogens (tertiary/aromatic N) is 3. The summed E-state index contributed by atoms with van der Waals surface area (Å²) in [7, 11) is 0. The van der Waals surface area contributed by atoms with Gasteiger partial charge in [-0.1, -0.05) is 29.5 Å². The van der Waals surface area contributed by atoms with Crippen molar-refractivity contribution in [2.75, 3.05) is 4.90 Å². The van der Waals surface area contributed by atoms with Crippen LogP contribution in [-0.2, 0) is 4.79 Å². The predicted octanol–water partition coefficient (Wildman–Crippen LogP) is 4.03. The molecule has 0 spiro atoms. The maximum atomic E-state index is 14.8. The van der Waals surface area contributed by atoms with Crippen molar-refractivity contribution in [2.45, 2.75) is 44.7 Å². The third-order valence-electron chi connectivity index (χ3n) is 5.15. The van der Waals surface area contributed by atoms with E-state index in [4.69, 9.17) is 4.42 Å². The third-order valence-corrected chi connectivity index (χ3v) is 5.65. The monoisotopic (exact) mass is 428 g/mol. The van der Waals surface area contributed by atoms with Crippen LogP contribution in [0, 0.1) is 12.7 Å². The summed E-state index contributed by atoms with van der Waals surface area (Å²) in [6, 6.07) is 8.01. The number of para-hydroxylation sites is 1. The maximum Gasteiger partial charge on any atom is 0.280 e. The van der Waals surface area contributed by atoms with E-state index in [1.807, 2.05) is 0 Å². The molecular weight excluding hydrogens is 407 g/mol. The second-order valence-electron chi connectivity index (χ2n) is 7.26. The molecule has 1 unspecified atom stereocenters. The number of halogens is 1. The molecule has 0 radical (unpaired) electrons. The summed E-state index contributed by atoms with van der Waals surface area (Å²) in [4.78, 5) is 27.9. The van der Waals surface area contributed by atoms with E-state index in [-0.39, 0.29) is 23.2 Å². The van der Waals surface area contributed by atoms with E-state index in [9.17, 15) is 14.0 Å². The Bertz CT molecular complexity index is 1030. The van der Waals surface area contributed by atoms with Crippen LogP contribution in [0.25, 0.3) is 0 Å². The summed E-state index contributed by atoms with van der Waals surface area (Å²) in [6.45, 7) is 1.75. The van der Waals surface area contributed by atoms with Crippen LogP contribution in [0.15, 0.2) is 46.2 Å². The average Bonchev–Trinajstić information content (AvgIpc) is 3.49. The van der Waals surface area contributed by atoms with Crippen molar-refractivity contribution in [3.63, 3.8) is 0 Å². The zero-order valence-electron chi connectivity index (χ0n) is 16.4. The molecule has 1 saturated carbocycles. The number of benzene rings is 1. The van der Waals surface area contributed by atoms with Crippen molar-refractivity contribution in [1.29, 1.82) is 0 Å². The quantitative estimate of drug-likeness (QED) is 0.641. The molecule has 0 saturated heterocycles. The molecular formula is C21H21FN4O3S. The number of furan rings is 1. The Morgan fingerprint density at radius 1 is 1.23 bits per heavy atom. The molecule has 3 aromatic rings. The van der Waals surface area contributed by atoms with Crippen LogP contribution >= 0.6 is 11.5 Å². The van der Waals surface area contributed by atoms with Gasteiger partial charge in [0.15, 0.2) is 11.7 Å². The van der Waals surface area contributed by atoms with E-state index in [0.717, 1.165) is 42.1 Å². The number of nitrogens with one attached hydrogen (secondary N) is 1. The molecule has 2 heterocycles. The first-order valence-electron chi connectivity index (χ1n) is 9.76. The molecule has 4 rings (SSSR count). The molecule has 156 valence electrons. The number of carbonyl (C=O) groups is 2. The number of carbonyl (C=O) groups excluding carboxylic acids is 2. The lowest BCUT2D eigenvalue weighted by Gasteiger charge is -2.30. The Balaban J connectivity index is 1.80. The average molecular weight is 428 g/mol. The van der Waals surface area contributed by atoms with Gasteiger partial charge < -0.3 is 9.73 Å². The third kappa shape index (κ3) is 4.11. The summed E-state index contributed by atoms with van der Waals surface area (Å²) in [5, 5.41) is 8.30. The normalized spacial score (nSPS) is 15.1. The minimum atomic E-state index is -1.19. The summed E-state index contributed by atoms with van der Waals surface area (Å²) >= 11 is 1.00. The van der Waals surface area contributed by atoms with Crippen molar-refractivity contribution in [3.05, 3.63) is 64.8 Å². The lowest BCUT2D eigenvalue weighted by atomic mass is 10.1. The van der Waals surface area contributed by atoms with Gasteiger partial charge in [0.1, 0.15) is 17.3 Å². The first-order chi connectivity index (χ1) is 14.5. The van der Waals surface area contributed by atoms with Crippen LogP contribution in [0.2, 0.25) is 0 Å². The molecule has 1 fully saturated rings. The Morgan fingerprint density at radius 3 is 2.63 bits per heavy atom. The van der Waals surface area contributed by atoms with Crippen LogP contribution in [0.3, 0.4) is 0 Å². The molecule has 2 amide bonds. The zero-order valence-corrected chi connectivity index (χ0v) is 17.2. The molecule has 1 atom stereocenters. The Morgan fingerprint density at radius 2 is 2.00 bits per heavy atom. The number of rotatable bonds is 6. The second kappa shape index (κ2) is 8.74. The first-order valence-corrected chi connectivity index (χ1v) is 10.6. The minimum Gasteiger partial charge on any atom is -0.464 e. The fourth-order valence-corrected chi connectivity index (χ4v) is 4.15. The van der Waals surface area contributed by atoms with Crippen LogP contribution in [0.4, 0.5) is 10.1 Å². The van der Waals surface area contributed by atoms with E-state index >= 15 is 0 Å². The van der Waals surface area contributed by atoms with Crippen molar-refractivity contribution in [3.8, 4) is 0 Å². The molecule has 7 nitrogen and oxygen atoms in total. The SMILES string of the molecule is Cc1ccc(C(C(=O)NC2CCCC2)N(C(=O)c2csnn2)c2ccccc2F)o1.